The molecule has 184 valence electrons. The molecular weight excluding hydrogens is 461 g/mol. The lowest BCUT2D eigenvalue weighted by atomic mass is 9.78. The summed E-state index contributed by atoms with van der Waals surface area (Å²) in [6.07, 6.45) is 2.23. The highest BCUT2D eigenvalue weighted by atomic mass is 32.2. The molecule has 0 aromatic heterocycles. The van der Waals surface area contributed by atoms with Crippen LogP contribution in [-0.2, 0) is 25.1 Å². The molecule has 0 N–H and O–H groups in total. The summed E-state index contributed by atoms with van der Waals surface area (Å²) < 4.78 is 68.0. The van der Waals surface area contributed by atoms with Crippen LogP contribution < -0.4 is 0 Å². The number of hydrogen-bond donors (Lipinski definition) is 0. The first kappa shape index (κ1) is 25.0. The summed E-state index contributed by atoms with van der Waals surface area (Å²) in [6, 6.07) is 11.8. The van der Waals surface area contributed by atoms with Crippen LogP contribution in [0.5, 0.6) is 0 Å². The highest BCUT2D eigenvalue weighted by Gasteiger charge is 2.51. The van der Waals surface area contributed by atoms with E-state index >= 15 is 0 Å². The number of alkyl halides is 3. The molecule has 0 radical (unpaired) electrons. The van der Waals surface area contributed by atoms with Gasteiger partial charge in [-0.15, -0.1) is 0 Å². The topological polar surface area (TPSA) is 43.4 Å². The Morgan fingerprint density at radius 2 is 1.44 bits per heavy atom. The average molecular weight is 493 g/mol. The minimum atomic E-state index is -5.73. The third kappa shape index (κ3) is 4.69. The number of hydrogen-bond acceptors (Lipinski definition) is 3. The molecular formula is C27H31F3O3S. The van der Waals surface area contributed by atoms with Crippen molar-refractivity contribution >= 4 is 16.2 Å². The molecule has 0 amide bonds. The van der Waals surface area contributed by atoms with E-state index in [9.17, 15) is 21.6 Å². The number of halogens is 3. The molecule has 34 heavy (non-hydrogen) atoms. The van der Waals surface area contributed by atoms with Gasteiger partial charge in [0.25, 0.3) is 0 Å². The van der Waals surface area contributed by atoms with Crippen molar-refractivity contribution in [1.29, 1.82) is 0 Å². The van der Waals surface area contributed by atoms with Gasteiger partial charge in [-0.25, -0.2) is 0 Å². The second-order valence-corrected chi connectivity index (χ2v) is 13.0. The fourth-order valence-electron chi connectivity index (χ4n) is 4.33. The van der Waals surface area contributed by atoms with Gasteiger partial charge in [-0.2, -0.15) is 21.6 Å². The Morgan fingerprint density at radius 1 is 0.882 bits per heavy atom. The molecule has 2 aliphatic carbocycles. The Morgan fingerprint density at radius 3 is 1.91 bits per heavy atom. The fourth-order valence-corrected chi connectivity index (χ4v) is 4.91. The van der Waals surface area contributed by atoms with E-state index in [1.165, 1.54) is 0 Å². The first-order valence-electron chi connectivity index (χ1n) is 11.5. The van der Waals surface area contributed by atoms with Gasteiger partial charge in [0.15, 0.2) is 0 Å². The highest BCUT2D eigenvalue weighted by Crippen LogP contribution is 2.52. The Labute approximate surface area is 200 Å². The SMILES string of the molecule is CC(C)(C)c1cc(-c2cccc3c2C=C(C2CC2)C3OS(=O)(=O)C(F)(F)F)cc(C(C)(C)C)c1. The quantitative estimate of drug-likeness (QED) is 0.325. The van der Waals surface area contributed by atoms with Crippen molar-refractivity contribution in [2.45, 2.75) is 76.8 Å². The molecule has 0 saturated heterocycles. The Bertz CT molecular complexity index is 1220. The van der Waals surface area contributed by atoms with E-state index < -0.39 is 21.7 Å². The maximum absolute atomic E-state index is 13.1. The van der Waals surface area contributed by atoms with E-state index in [4.69, 9.17) is 4.18 Å². The minimum Gasteiger partial charge on any atom is -0.250 e. The van der Waals surface area contributed by atoms with Gasteiger partial charge >= 0.3 is 15.6 Å². The predicted octanol–water partition coefficient (Wildman–Crippen LogP) is 7.66. The van der Waals surface area contributed by atoms with Gasteiger partial charge in [0, 0.05) is 0 Å². The fraction of sp³-hybridized carbons (Fsp3) is 0.481. The summed E-state index contributed by atoms with van der Waals surface area (Å²) >= 11 is 0. The van der Waals surface area contributed by atoms with Crippen molar-refractivity contribution < 1.29 is 25.8 Å². The van der Waals surface area contributed by atoms with E-state index in [-0.39, 0.29) is 16.7 Å². The van der Waals surface area contributed by atoms with Crippen molar-refractivity contribution in [1.82, 2.24) is 0 Å². The summed E-state index contributed by atoms with van der Waals surface area (Å²) in [5.41, 5.74) is 0.272. The first-order chi connectivity index (χ1) is 15.5. The summed E-state index contributed by atoms with van der Waals surface area (Å²) in [5, 5.41) is 0. The second-order valence-electron chi connectivity index (χ2n) is 11.4. The molecule has 1 unspecified atom stereocenters. The van der Waals surface area contributed by atoms with Gasteiger partial charge in [-0.05, 0) is 68.5 Å². The van der Waals surface area contributed by atoms with Crippen LogP contribution >= 0.6 is 0 Å². The zero-order chi connectivity index (χ0) is 25.3. The third-order valence-electron chi connectivity index (χ3n) is 6.57. The van der Waals surface area contributed by atoms with E-state index in [2.05, 4.69) is 59.7 Å². The molecule has 0 bridgehead atoms. The zero-order valence-electron chi connectivity index (χ0n) is 20.4. The summed E-state index contributed by atoms with van der Waals surface area (Å²) in [5.74, 6) is 0.0414. The highest BCUT2D eigenvalue weighted by molar-refractivity contribution is 7.87. The van der Waals surface area contributed by atoms with Crippen LogP contribution in [0.15, 0.2) is 42.0 Å². The van der Waals surface area contributed by atoms with Crippen molar-refractivity contribution in [2.24, 2.45) is 5.92 Å². The maximum atomic E-state index is 13.1. The maximum Gasteiger partial charge on any atom is 0.523 e. The molecule has 1 fully saturated rings. The molecule has 1 atom stereocenters. The molecule has 0 aliphatic heterocycles. The summed E-state index contributed by atoms with van der Waals surface area (Å²) in [4.78, 5) is 0. The molecule has 7 heteroatoms. The van der Waals surface area contributed by atoms with Crippen molar-refractivity contribution in [3.63, 3.8) is 0 Å². The van der Waals surface area contributed by atoms with Gasteiger partial charge in [0.2, 0.25) is 0 Å². The Balaban J connectivity index is 1.88. The second kappa shape index (κ2) is 7.95. The summed E-state index contributed by atoms with van der Waals surface area (Å²) in [6.45, 7) is 12.9. The van der Waals surface area contributed by atoms with Gasteiger partial charge in [-0.3, -0.25) is 4.18 Å². The largest absolute Gasteiger partial charge is 0.523 e. The van der Waals surface area contributed by atoms with Gasteiger partial charge < -0.3 is 0 Å². The average Bonchev–Trinajstić information content (AvgIpc) is 3.47. The molecule has 3 nitrogen and oxygen atoms in total. The number of fused-ring (bicyclic) bond motifs is 1. The first-order valence-corrected chi connectivity index (χ1v) is 12.9. The van der Waals surface area contributed by atoms with Crippen LogP contribution in [0, 0.1) is 5.92 Å². The number of benzene rings is 2. The summed E-state index contributed by atoms with van der Waals surface area (Å²) in [7, 11) is -5.73. The van der Waals surface area contributed by atoms with E-state index in [1.54, 1.807) is 12.1 Å². The molecule has 2 aromatic rings. The molecule has 2 aromatic carbocycles. The van der Waals surface area contributed by atoms with Gasteiger partial charge in [0.05, 0.1) is 0 Å². The zero-order valence-corrected chi connectivity index (χ0v) is 21.2. The molecule has 4 rings (SSSR count). The molecule has 0 heterocycles. The van der Waals surface area contributed by atoms with Crippen molar-refractivity contribution in [3.05, 3.63) is 64.2 Å². The lowest BCUT2D eigenvalue weighted by Crippen LogP contribution is -2.27. The lowest BCUT2D eigenvalue weighted by Gasteiger charge is -2.26. The predicted molar refractivity (Wildman–Crippen MR) is 129 cm³/mol. The normalized spacial score (nSPS) is 19.2. The van der Waals surface area contributed by atoms with Gasteiger partial charge in [-0.1, -0.05) is 84.0 Å². The van der Waals surface area contributed by atoms with E-state index in [0.717, 1.165) is 40.7 Å². The standard InChI is InChI=1S/C27H31F3O3S/c1-25(2,3)18-12-17(13-19(14-18)26(4,5)6)20-8-7-9-21-23(20)15-22(16-10-11-16)24(21)33-34(31,32)27(28,29)30/h7-9,12-16,24H,10-11H2,1-6H3. The monoisotopic (exact) mass is 492 g/mol. The van der Waals surface area contributed by atoms with Gasteiger partial charge in [0.1, 0.15) is 6.10 Å². The smallest absolute Gasteiger partial charge is 0.250 e. The molecule has 1 saturated carbocycles. The van der Waals surface area contributed by atoms with Crippen molar-refractivity contribution in [3.8, 4) is 11.1 Å². The lowest BCUT2D eigenvalue weighted by molar-refractivity contribution is -0.0564. The Kier molecular flexibility index (Phi) is 5.84. The van der Waals surface area contributed by atoms with Crippen LogP contribution in [0.1, 0.15) is 82.7 Å². The third-order valence-corrected chi connectivity index (χ3v) is 7.58. The van der Waals surface area contributed by atoms with E-state index in [0.29, 0.717) is 11.1 Å². The molecule has 0 spiro atoms. The molecule has 2 aliphatic rings. The van der Waals surface area contributed by atoms with E-state index in [1.807, 2.05) is 12.1 Å². The van der Waals surface area contributed by atoms with Crippen LogP contribution in [0.2, 0.25) is 0 Å². The van der Waals surface area contributed by atoms with Crippen LogP contribution in [0.4, 0.5) is 13.2 Å². The minimum absolute atomic E-state index is 0.0414. The van der Waals surface area contributed by atoms with Crippen LogP contribution in [-0.4, -0.2) is 13.9 Å². The van der Waals surface area contributed by atoms with Crippen LogP contribution in [0.3, 0.4) is 0 Å². The Hall–Kier alpha value is -2.12. The van der Waals surface area contributed by atoms with Crippen LogP contribution in [0.25, 0.3) is 17.2 Å². The van der Waals surface area contributed by atoms with Crippen molar-refractivity contribution in [2.75, 3.05) is 0 Å². The number of rotatable bonds is 4.